The molecule has 1 aromatic rings. The average Bonchev–Trinajstić information content (AvgIpc) is 2.62. The molecule has 0 radical (unpaired) electrons. The van der Waals surface area contributed by atoms with E-state index in [1.54, 1.807) is 30.3 Å². The Morgan fingerprint density at radius 2 is 1.74 bits per heavy atom. The second-order valence-electron chi connectivity index (χ2n) is 8.34. The molecule has 0 heterocycles. The molecule has 0 bridgehead atoms. The molecular weight excluding hydrogens is 356 g/mol. The van der Waals surface area contributed by atoms with Gasteiger partial charge in [0, 0.05) is 12.3 Å². The third-order valence-corrected chi connectivity index (χ3v) is 9.71. The van der Waals surface area contributed by atoms with Crippen LogP contribution in [0, 0.1) is 5.92 Å². The van der Waals surface area contributed by atoms with E-state index in [-0.39, 0.29) is 35.4 Å². The van der Waals surface area contributed by atoms with Crippen LogP contribution in [0.4, 0.5) is 0 Å². The van der Waals surface area contributed by atoms with Crippen molar-refractivity contribution >= 4 is 20.1 Å². The molecule has 1 rings (SSSR count). The molecular formula is C22H34O4Si. The van der Waals surface area contributed by atoms with E-state index < -0.39 is 8.32 Å². The molecule has 0 saturated carbocycles. The SMILES string of the molecule is CCC(=O)[C@H](C)[C@H](/C=C/COC(=O)c1ccccc1)O[Si](C)(C)C(C)(C)C. The lowest BCUT2D eigenvalue weighted by Gasteiger charge is -2.39. The van der Waals surface area contributed by atoms with Crippen LogP contribution in [-0.4, -0.2) is 32.8 Å². The van der Waals surface area contributed by atoms with Gasteiger partial charge in [0.15, 0.2) is 8.32 Å². The molecule has 5 heteroatoms. The third kappa shape index (κ3) is 7.07. The molecule has 4 nitrogen and oxygen atoms in total. The lowest BCUT2D eigenvalue weighted by atomic mass is 9.98. The summed E-state index contributed by atoms with van der Waals surface area (Å²) >= 11 is 0. The molecule has 0 unspecified atom stereocenters. The third-order valence-electron chi connectivity index (χ3n) is 5.23. The highest BCUT2D eigenvalue weighted by atomic mass is 28.4. The summed E-state index contributed by atoms with van der Waals surface area (Å²) in [4.78, 5) is 24.2. The van der Waals surface area contributed by atoms with E-state index in [4.69, 9.17) is 9.16 Å². The summed E-state index contributed by atoms with van der Waals surface area (Å²) in [6, 6.07) is 8.89. The van der Waals surface area contributed by atoms with Crippen molar-refractivity contribution in [2.24, 2.45) is 5.92 Å². The second-order valence-corrected chi connectivity index (χ2v) is 13.1. The number of hydrogen-bond acceptors (Lipinski definition) is 4. The molecule has 0 spiro atoms. The molecule has 0 amide bonds. The van der Waals surface area contributed by atoms with Gasteiger partial charge in [-0.15, -0.1) is 0 Å². The molecule has 0 aliphatic heterocycles. The van der Waals surface area contributed by atoms with E-state index >= 15 is 0 Å². The lowest BCUT2D eigenvalue weighted by Crippen LogP contribution is -2.46. The van der Waals surface area contributed by atoms with Crippen LogP contribution in [0.1, 0.15) is 51.4 Å². The highest BCUT2D eigenvalue weighted by Crippen LogP contribution is 2.38. The first kappa shape index (κ1) is 23.3. The Balaban J connectivity index is 2.80. The number of carbonyl (C=O) groups excluding carboxylic acids is 2. The standard InChI is InChI=1S/C22H34O4Si/c1-8-19(23)17(2)20(26-27(6,7)22(3,4)5)15-12-16-25-21(24)18-13-10-9-11-14-18/h9-15,17,20H,8,16H2,1-7H3/b15-12+/t17-,20-/m0/s1. The van der Waals surface area contributed by atoms with Gasteiger partial charge in [0.2, 0.25) is 0 Å². The fraction of sp³-hybridized carbons (Fsp3) is 0.545. The van der Waals surface area contributed by atoms with Gasteiger partial charge in [0.25, 0.3) is 0 Å². The number of esters is 1. The Kier molecular flexibility index (Phi) is 8.63. The largest absolute Gasteiger partial charge is 0.458 e. The number of ether oxygens (including phenoxy) is 1. The quantitative estimate of drug-likeness (QED) is 0.321. The van der Waals surface area contributed by atoms with Gasteiger partial charge in [-0.1, -0.05) is 58.9 Å². The van der Waals surface area contributed by atoms with E-state index in [9.17, 15) is 9.59 Å². The number of carbonyl (C=O) groups is 2. The van der Waals surface area contributed by atoms with E-state index in [1.165, 1.54) is 0 Å². The number of hydrogen-bond donors (Lipinski definition) is 0. The van der Waals surface area contributed by atoms with Gasteiger partial charge < -0.3 is 9.16 Å². The van der Waals surface area contributed by atoms with Gasteiger partial charge in [-0.3, -0.25) is 4.79 Å². The van der Waals surface area contributed by atoms with Crippen molar-refractivity contribution in [2.45, 2.75) is 65.3 Å². The maximum Gasteiger partial charge on any atom is 0.338 e. The van der Waals surface area contributed by atoms with Crippen molar-refractivity contribution in [3.05, 3.63) is 48.0 Å². The van der Waals surface area contributed by atoms with Gasteiger partial charge >= 0.3 is 5.97 Å². The van der Waals surface area contributed by atoms with Gasteiger partial charge in [0.05, 0.1) is 11.7 Å². The first-order chi connectivity index (χ1) is 12.5. The molecule has 0 aliphatic carbocycles. The Bertz CT molecular complexity index is 644. The normalized spacial score (nSPS) is 14.8. The molecule has 1 aromatic carbocycles. The second kappa shape index (κ2) is 9.99. The zero-order chi connectivity index (χ0) is 20.7. The van der Waals surface area contributed by atoms with Crippen molar-refractivity contribution < 1.29 is 18.8 Å². The molecule has 0 aliphatic rings. The fourth-order valence-corrected chi connectivity index (χ4v) is 3.62. The van der Waals surface area contributed by atoms with Gasteiger partial charge in [-0.2, -0.15) is 0 Å². The maximum atomic E-state index is 12.2. The molecule has 0 fully saturated rings. The van der Waals surface area contributed by atoms with E-state index in [1.807, 2.05) is 26.0 Å². The summed E-state index contributed by atoms with van der Waals surface area (Å²) in [6.07, 6.45) is 3.82. The first-order valence-electron chi connectivity index (χ1n) is 9.59. The van der Waals surface area contributed by atoms with Crippen LogP contribution in [0.2, 0.25) is 18.1 Å². The van der Waals surface area contributed by atoms with Crippen molar-refractivity contribution in [1.82, 2.24) is 0 Å². The predicted octanol–water partition coefficient (Wildman–Crippen LogP) is 5.41. The van der Waals surface area contributed by atoms with Crippen molar-refractivity contribution in [1.29, 1.82) is 0 Å². The number of rotatable bonds is 9. The van der Waals surface area contributed by atoms with Gasteiger partial charge in [0.1, 0.15) is 12.4 Å². The summed E-state index contributed by atoms with van der Waals surface area (Å²) in [5, 5.41) is 0.0495. The fourth-order valence-electron chi connectivity index (χ4n) is 2.30. The van der Waals surface area contributed by atoms with E-state index in [0.29, 0.717) is 12.0 Å². The van der Waals surface area contributed by atoms with Crippen molar-refractivity contribution in [3.63, 3.8) is 0 Å². The monoisotopic (exact) mass is 390 g/mol. The summed E-state index contributed by atoms with van der Waals surface area (Å²) in [6.45, 7) is 14.8. The molecule has 2 atom stereocenters. The van der Waals surface area contributed by atoms with Crippen LogP contribution in [0.5, 0.6) is 0 Å². The summed E-state index contributed by atoms with van der Waals surface area (Å²) in [5.74, 6) is -0.422. The molecule has 0 aromatic heterocycles. The Morgan fingerprint density at radius 3 is 2.26 bits per heavy atom. The highest BCUT2D eigenvalue weighted by Gasteiger charge is 2.40. The molecule has 27 heavy (non-hydrogen) atoms. The van der Waals surface area contributed by atoms with Gasteiger partial charge in [-0.25, -0.2) is 4.79 Å². The minimum absolute atomic E-state index is 0.0495. The van der Waals surface area contributed by atoms with Crippen LogP contribution in [-0.2, 0) is 14.0 Å². The Labute approximate surface area is 165 Å². The van der Waals surface area contributed by atoms with Crippen LogP contribution >= 0.6 is 0 Å². The van der Waals surface area contributed by atoms with Crippen molar-refractivity contribution in [3.8, 4) is 0 Å². The van der Waals surface area contributed by atoms with E-state index in [2.05, 4.69) is 33.9 Å². The lowest BCUT2D eigenvalue weighted by molar-refractivity contribution is -0.124. The minimum Gasteiger partial charge on any atom is -0.458 e. The van der Waals surface area contributed by atoms with Crippen molar-refractivity contribution in [2.75, 3.05) is 6.61 Å². The minimum atomic E-state index is -2.04. The van der Waals surface area contributed by atoms with E-state index in [0.717, 1.165) is 0 Å². The zero-order valence-electron chi connectivity index (χ0n) is 17.7. The van der Waals surface area contributed by atoms with Crippen LogP contribution in [0.15, 0.2) is 42.5 Å². The summed E-state index contributed by atoms with van der Waals surface area (Å²) in [7, 11) is -2.04. The number of benzene rings is 1. The molecule has 0 saturated heterocycles. The number of Topliss-reactive ketones (excluding diaryl/α,β-unsaturated/α-hetero) is 1. The van der Waals surface area contributed by atoms with Gasteiger partial charge in [-0.05, 0) is 36.3 Å². The predicted molar refractivity (Wildman–Crippen MR) is 112 cm³/mol. The average molecular weight is 391 g/mol. The van der Waals surface area contributed by atoms with Crippen LogP contribution < -0.4 is 0 Å². The first-order valence-corrected chi connectivity index (χ1v) is 12.5. The smallest absolute Gasteiger partial charge is 0.338 e. The number of ketones is 1. The van der Waals surface area contributed by atoms with Crippen LogP contribution in [0.3, 0.4) is 0 Å². The maximum absolute atomic E-state index is 12.2. The van der Waals surface area contributed by atoms with Crippen LogP contribution in [0.25, 0.3) is 0 Å². The topological polar surface area (TPSA) is 52.6 Å². The zero-order valence-corrected chi connectivity index (χ0v) is 18.7. The summed E-state index contributed by atoms with van der Waals surface area (Å²) in [5.41, 5.74) is 0.523. The molecule has 150 valence electrons. The molecule has 0 N–H and O–H groups in total. The Hall–Kier alpha value is -1.72. The summed E-state index contributed by atoms with van der Waals surface area (Å²) < 4.78 is 11.8. The Morgan fingerprint density at radius 1 is 1.15 bits per heavy atom. The highest BCUT2D eigenvalue weighted by molar-refractivity contribution is 6.74.